The number of amides is 1. The molecule has 0 saturated heterocycles. The van der Waals surface area contributed by atoms with E-state index in [2.05, 4.69) is 10.3 Å². The number of rotatable bonds is 3. The number of fused-ring (bicyclic) bond motifs is 1. The predicted octanol–water partition coefficient (Wildman–Crippen LogP) is 6.13. The summed E-state index contributed by atoms with van der Waals surface area (Å²) in [5, 5.41) is 12.2. The minimum atomic E-state index is -0.698. The second-order valence-electron chi connectivity index (χ2n) is 6.80. The zero-order valence-electron chi connectivity index (χ0n) is 15.9. The number of carbonyl (C=O) groups excluding carboxylic acids is 1. The van der Waals surface area contributed by atoms with E-state index in [0.29, 0.717) is 16.6 Å². The molecule has 146 valence electrons. The van der Waals surface area contributed by atoms with Crippen molar-refractivity contribution < 1.29 is 9.18 Å². The molecule has 4 rings (SSSR count). The second kappa shape index (κ2) is 7.94. The molecule has 0 spiro atoms. The molecule has 1 N–H and O–H groups in total. The van der Waals surface area contributed by atoms with Crippen molar-refractivity contribution in [1.82, 2.24) is 4.98 Å². The minimum Gasteiger partial charge on any atom is -0.319 e. The molecule has 1 aromatic heterocycles. The Morgan fingerprint density at radius 3 is 2.57 bits per heavy atom. The Kier molecular flexibility index (Phi) is 5.18. The summed E-state index contributed by atoms with van der Waals surface area (Å²) in [5.74, 6) is -1.25. The molecule has 1 heterocycles. The Hall–Kier alpha value is -3.75. The molecule has 0 atom stereocenters. The van der Waals surface area contributed by atoms with E-state index in [9.17, 15) is 9.18 Å². The van der Waals surface area contributed by atoms with Gasteiger partial charge in [0.05, 0.1) is 39.1 Å². The summed E-state index contributed by atoms with van der Waals surface area (Å²) in [6.07, 6.45) is 0. The summed E-state index contributed by atoms with van der Waals surface area (Å²) in [7, 11) is 0. The lowest BCUT2D eigenvalue weighted by molar-refractivity contribution is 0.102. The lowest BCUT2D eigenvalue weighted by Crippen LogP contribution is -2.15. The molecule has 4 nitrogen and oxygen atoms in total. The Labute approximate surface area is 177 Å². The summed E-state index contributed by atoms with van der Waals surface area (Å²) in [6, 6.07) is 20.6. The number of nitrogens with one attached hydrogen (secondary N) is 1. The summed E-state index contributed by atoms with van der Waals surface area (Å²) in [4.78, 5) is 17.8. The van der Waals surface area contributed by atoms with Crippen LogP contribution in [0.1, 0.15) is 21.5 Å². The standard InChI is InChI=1S/C24H15ClFN3O/c1-14-7-9-19-17(11-14)21(22(25)23(28-19)16-5-3-2-4-6-16)24(30)29-20-10-8-15(13-27)12-18(20)26/h2-12H,1H3,(H,29,30). The third kappa shape index (κ3) is 3.61. The maximum atomic E-state index is 14.3. The van der Waals surface area contributed by atoms with Crippen molar-refractivity contribution >= 4 is 34.1 Å². The fraction of sp³-hybridized carbons (Fsp3) is 0.0417. The van der Waals surface area contributed by atoms with Crippen LogP contribution in [0.5, 0.6) is 0 Å². The van der Waals surface area contributed by atoms with Crippen LogP contribution in [-0.2, 0) is 0 Å². The van der Waals surface area contributed by atoms with E-state index < -0.39 is 11.7 Å². The van der Waals surface area contributed by atoms with E-state index in [1.165, 1.54) is 12.1 Å². The molecule has 1 amide bonds. The molecular formula is C24H15ClFN3O. The Bertz CT molecular complexity index is 1330. The van der Waals surface area contributed by atoms with Crippen molar-refractivity contribution in [3.05, 3.63) is 94.3 Å². The van der Waals surface area contributed by atoms with Crippen LogP contribution in [0.25, 0.3) is 22.2 Å². The quantitative estimate of drug-likeness (QED) is 0.438. The first kappa shape index (κ1) is 19.6. The number of halogens is 2. The Morgan fingerprint density at radius 2 is 1.87 bits per heavy atom. The first-order chi connectivity index (χ1) is 14.5. The highest BCUT2D eigenvalue weighted by Gasteiger charge is 2.21. The van der Waals surface area contributed by atoms with E-state index in [0.717, 1.165) is 17.2 Å². The number of aryl methyl sites for hydroxylation is 1. The largest absolute Gasteiger partial charge is 0.319 e. The highest BCUT2D eigenvalue weighted by Crippen LogP contribution is 2.35. The monoisotopic (exact) mass is 415 g/mol. The van der Waals surface area contributed by atoms with Gasteiger partial charge in [-0.05, 0) is 37.3 Å². The first-order valence-corrected chi connectivity index (χ1v) is 9.52. The number of nitrogens with zero attached hydrogens (tertiary/aromatic N) is 2. The van der Waals surface area contributed by atoms with Crippen LogP contribution in [0.3, 0.4) is 0 Å². The number of anilines is 1. The highest BCUT2D eigenvalue weighted by molar-refractivity contribution is 6.38. The SMILES string of the molecule is Cc1ccc2nc(-c3ccccc3)c(Cl)c(C(=O)Nc3ccc(C#N)cc3F)c2c1. The van der Waals surface area contributed by atoms with Gasteiger partial charge in [0.15, 0.2) is 0 Å². The average molecular weight is 416 g/mol. The number of hydrogen-bond donors (Lipinski definition) is 1. The van der Waals surface area contributed by atoms with Gasteiger partial charge in [-0.25, -0.2) is 9.37 Å². The molecule has 6 heteroatoms. The normalized spacial score (nSPS) is 10.6. The van der Waals surface area contributed by atoms with Crippen LogP contribution in [0.2, 0.25) is 5.02 Å². The van der Waals surface area contributed by atoms with Crippen molar-refractivity contribution in [1.29, 1.82) is 5.26 Å². The van der Waals surface area contributed by atoms with Crippen LogP contribution >= 0.6 is 11.6 Å². The number of pyridine rings is 1. The molecule has 0 bridgehead atoms. The van der Waals surface area contributed by atoms with Crippen molar-refractivity contribution in [3.63, 3.8) is 0 Å². The van der Waals surface area contributed by atoms with Gasteiger partial charge in [0.2, 0.25) is 0 Å². The number of aromatic nitrogens is 1. The van der Waals surface area contributed by atoms with Gasteiger partial charge in [0, 0.05) is 10.9 Å². The molecular weight excluding hydrogens is 401 g/mol. The maximum absolute atomic E-state index is 14.3. The highest BCUT2D eigenvalue weighted by atomic mass is 35.5. The minimum absolute atomic E-state index is 0.0334. The van der Waals surface area contributed by atoms with E-state index >= 15 is 0 Å². The van der Waals surface area contributed by atoms with Crippen LogP contribution in [0.15, 0.2) is 66.7 Å². The van der Waals surface area contributed by atoms with Crippen LogP contribution in [0, 0.1) is 24.1 Å². The smallest absolute Gasteiger partial charge is 0.258 e. The van der Waals surface area contributed by atoms with Gasteiger partial charge in [-0.3, -0.25) is 4.79 Å². The average Bonchev–Trinajstić information content (AvgIpc) is 2.75. The summed E-state index contributed by atoms with van der Waals surface area (Å²) < 4.78 is 14.3. The third-order valence-electron chi connectivity index (χ3n) is 4.70. The van der Waals surface area contributed by atoms with Gasteiger partial charge in [-0.15, -0.1) is 0 Å². The Morgan fingerprint density at radius 1 is 1.10 bits per heavy atom. The van der Waals surface area contributed by atoms with E-state index in [-0.39, 0.29) is 21.8 Å². The number of hydrogen-bond acceptors (Lipinski definition) is 3. The molecule has 4 aromatic rings. The lowest BCUT2D eigenvalue weighted by Gasteiger charge is -2.14. The predicted molar refractivity (Wildman–Crippen MR) is 116 cm³/mol. The second-order valence-corrected chi connectivity index (χ2v) is 7.17. The van der Waals surface area contributed by atoms with Crippen LogP contribution < -0.4 is 5.32 Å². The fourth-order valence-electron chi connectivity index (χ4n) is 3.23. The summed E-state index contributed by atoms with van der Waals surface area (Å²) >= 11 is 6.66. The zero-order valence-corrected chi connectivity index (χ0v) is 16.7. The molecule has 0 radical (unpaired) electrons. The van der Waals surface area contributed by atoms with Gasteiger partial charge in [-0.2, -0.15) is 5.26 Å². The molecule has 3 aromatic carbocycles. The van der Waals surface area contributed by atoms with Crippen LogP contribution in [0.4, 0.5) is 10.1 Å². The van der Waals surface area contributed by atoms with E-state index in [1.807, 2.05) is 61.5 Å². The van der Waals surface area contributed by atoms with Gasteiger partial charge < -0.3 is 5.32 Å². The summed E-state index contributed by atoms with van der Waals surface area (Å²) in [6.45, 7) is 1.90. The summed E-state index contributed by atoms with van der Waals surface area (Å²) in [5.41, 5.74) is 3.13. The van der Waals surface area contributed by atoms with E-state index in [4.69, 9.17) is 16.9 Å². The van der Waals surface area contributed by atoms with Gasteiger partial charge >= 0.3 is 0 Å². The van der Waals surface area contributed by atoms with Crippen molar-refractivity contribution in [2.24, 2.45) is 0 Å². The molecule has 0 aliphatic heterocycles. The van der Waals surface area contributed by atoms with Crippen molar-refractivity contribution in [2.45, 2.75) is 6.92 Å². The molecule has 0 aliphatic carbocycles. The van der Waals surface area contributed by atoms with Crippen molar-refractivity contribution in [2.75, 3.05) is 5.32 Å². The molecule has 0 fully saturated rings. The Balaban J connectivity index is 1.88. The third-order valence-corrected chi connectivity index (χ3v) is 5.07. The van der Waals surface area contributed by atoms with E-state index in [1.54, 1.807) is 0 Å². The number of benzene rings is 3. The molecule has 30 heavy (non-hydrogen) atoms. The van der Waals surface area contributed by atoms with Gasteiger partial charge in [0.25, 0.3) is 5.91 Å². The first-order valence-electron chi connectivity index (χ1n) is 9.14. The molecule has 0 saturated carbocycles. The molecule has 0 aliphatic rings. The topological polar surface area (TPSA) is 65.8 Å². The number of nitriles is 1. The lowest BCUT2D eigenvalue weighted by atomic mass is 10.0. The van der Waals surface area contributed by atoms with Gasteiger partial charge in [0.1, 0.15) is 5.82 Å². The maximum Gasteiger partial charge on any atom is 0.258 e. The molecule has 0 unspecified atom stereocenters. The fourth-order valence-corrected chi connectivity index (χ4v) is 3.57. The van der Waals surface area contributed by atoms with Crippen LogP contribution in [-0.4, -0.2) is 10.9 Å². The number of carbonyl (C=O) groups is 1. The van der Waals surface area contributed by atoms with Crippen molar-refractivity contribution in [3.8, 4) is 17.3 Å². The van der Waals surface area contributed by atoms with Gasteiger partial charge in [-0.1, -0.05) is 53.6 Å². The zero-order chi connectivity index (χ0) is 21.3.